The quantitative estimate of drug-likeness (QED) is 0.319. The molecular formula is CH12Si5. The summed E-state index contributed by atoms with van der Waals surface area (Å²) < 4.78 is 0. The van der Waals surface area contributed by atoms with Gasteiger partial charge in [0.2, 0.25) is 0 Å². The minimum Gasteiger partial charge on any atom is -0.0768 e. The standard InChI is InChI=1S/CH12Si5/c2-6-1-3-4-5-6/h6H,1,3-5H2,2H3. The van der Waals surface area contributed by atoms with Crippen molar-refractivity contribution in [2.75, 3.05) is 0 Å². The minimum atomic E-state index is 0.352. The molecule has 1 fully saturated rings. The van der Waals surface area contributed by atoms with Crippen molar-refractivity contribution in [3.8, 4) is 0 Å². The summed E-state index contributed by atoms with van der Waals surface area (Å²) in [5.41, 5.74) is 1.95. The van der Waals surface area contributed by atoms with Crippen molar-refractivity contribution < 1.29 is 0 Å². The average Bonchev–Trinajstić information content (AvgIpc) is 1.86. The fourth-order valence-electron chi connectivity index (χ4n) is 1.13. The third-order valence-corrected chi connectivity index (χ3v) is 71.0. The second-order valence-corrected chi connectivity index (χ2v) is 40.4. The first kappa shape index (κ1) is 5.23. The van der Waals surface area contributed by atoms with E-state index in [-0.39, 0.29) is 0 Å². The van der Waals surface area contributed by atoms with Crippen LogP contribution in [0, 0.1) is 0 Å². The highest BCUT2D eigenvalue weighted by molar-refractivity contribution is 7.63. The molecule has 6 heavy (non-hydrogen) atoms. The van der Waals surface area contributed by atoms with Gasteiger partial charge in [0.1, 0.15) is 0 Å². The van der Waals surface area contributed by atoms with Gasteiger partial charge in [0, 0.05) is 16.9 Å². The van der Waals surface area contributed by atoms with Crippen molar-refractivity contribution in [2.45, 2.75) is 5.67 Å². The van der Waals surface area contributed by atoms with Crippen LogP contribution in [0.15, 0.2) is 0 Å². The van der Waals surface area contributed by atoms with E-state index in [0.29, 0.717) is 7.83 Å². The molecular weight excluding hydrogens is 152 g/mol. The molecule has 0 aromatic heterocycles. The Hall–Kier alpha value is 1.08. The van der Waals surface area contributed by atoms with Crippen LogP contribution in [0.4, 0.5) is 0 Å². The van der Waals surface area contributed by atoms with Gasteiger partial charge in [-0.2, -0.15) is 0 Å². The van der Waals surface area contributed by atoms with E-state index in [1.54, 1.807) is 9.76 Å². The highest BCUT2D eigenvalue weighted by atomic mass is 29.9. The molecule has 36 valence electrons. The summed E-state index contributed by atoms with van der Waals surface area (Å²) in [7, 11) is 4.61. The monoisotopic (exact) mass is 164 g/mol. The molecule has 0 aromatic rings. The normalized spacial score (nSPS) is 47.0. The maximum Gasteiger partial charge on any atom is 0.00242 e. The summed E-state index contributed by atoms with van der Waals surface area (Å²) in [6.45, 7) is 0. The Morgan fingerprint density at radius 3 is 2.67 bits per heavy atom. The van der Waals surface area contributed by atoms with Crippen molar-refractivity contribution in [2.24, 2.45) is 0 Å². The summed E-state index contributed by atoms with van der Waals surface area (Å²) in [5.74, 6) is 0. The molecule has 0 amide bonds. The molecule has 0 saturated carbocycles. The predicted molar refractivity (Wildman–Crippen MR) is 47.5 cm³/mol. The SMILES string of the molecule is [SiH3][SiH]1C[SiH2][SiH2][SiH2]1. The van der Waals surface area contributed by atoms with Gasteiger partial charge in [0.25, 0.3) is 0 Å². The highest BCUT2D eigenvalue weighted by Gasteiger charge is 2.10. The van der Waals surface area contributed by atoms with Crippen LogP contribution in [-0.4, -0.2) is 43.7 Å². The molecule has 0 N–H and O–H groups in total. The molecule has 1 saturated heterocycles. The Morgan fingerprint density at radius 2 is 2.50 bits per heavy atom. The fourth-order valence-corrected chi connectivity index (χ4v) is 125. The molecule has 1 atom stereocenters. The van der Waals surface area contributed by atoms with Crippen LogP contribution in [0.5, 0.6) is 0 Å². The summed E-state index contributed by atoms with van der Waals surface area (Å²) in [6.07, 6.45) is 0. The first-order chi connectivity index (χ1) is 2.89. The summed E-state index contributed by atoms with van der Waals surface area (Å²) in [4.78, 5) is 0. The highest BCUT2D eigenvalue weighted by Crippen LogP contribution is 1.88. The van der Waals surface area contributed by atoms with Crippen LogP contribution in [0.1, 0.15) is 0 Å². The molecule has 1 aliphatic rings. The van der Waals surface area contributed by atoms with E-state index >= 15 is 0 Å². The van der Waals surface area contributed by atoms with Gasteiger partial charge < -0.3 is 0 Å². The van der Waals surface area contributed by atoms with Crippen molar-refractivity contribution in [1.29, 1.82) is 0 Å². The third-order valence-electron chi connectivity index (χ3n) is 1.64. The Bertz CT molecular complexity index is 37.2. The van der Waals surface area contributed by atoms with Crippen LogP contribution in [0.25, 0.3) is 0 Å². The van der Waals surface area contributed by atoms with Gasteiger partial charge in [-0.25, -0.2) is 0 Å². The molecule has 1 rings (SSSR count). The van der Waals surface area contributed by atoms with E-state index in [4.69, 9.17) is 0 Å². The van der Waals surface area contributed by atoms with Crippen LogP contribution < -0.4 is 0 Å². The lowest BCUT2D eigenvalue weighted by atomic mass is 11.9. The molecule has 0 nitrogen and oxygen atoms in total. The zero-order chi connectivity index (χ0) is 4.41. The molecule has 1 unspecified atom stereocenters. The van der Waals surface area contributed by atoms with Gasteiger partial charge in [-0.1, -0.05) is 5.67 Å². The maximum atomic E-state index is 1.95. The third kappa shape index (κ3) is 1.30. The Morgan fingerprint density at radius 1 is 1.67 bits per heavy atom. The number of hydrogen-bond donors (Lipinski definition) is 0. The van der Waals surface area contributed by atoms with Gasteiger partial charge >= 0.3 is 0 Å². The van der Waals surface area contributed by atoms with E-state index < -0.39 is 0 Å². The maximum absolute atomic E-state index is 1.95. The fraction of sp³-hybridized carbons (Fsp3) is 1.00. The zero-order valence-corrected chi connectivity index (χ0v) is 11.8. The predicted octanol–water partition coefficient (Wildman–Crippen LogP) is -4.12. The second-order valence-electron chi connectivity index (χ2n) is 2.39. The van der Waals surface area contributed by atoms with Gasteiger partial charge in [-0.15, -0.1) is 0 Å². The van der Waals surface area contributed by atoms with Crippen molar-refractivity contribution in [3.63, 3.8) is 0 Å². The van der Waals surface area contributed by atoms with E-state index in [1.165, 1.54) is 0 Å². The first-order valence-corrected chi connectivity index (χ1v) is 20.6. The Kier molecular flexibility index (Phi) is 2.10. The smallest absolute Gasteiger partial charge is 0.00242 e. The van der Waals surface area contributed by atoms with E-state index in [1.807, 2.05) is 5.67 Å². The van der Waals surface area contributed by atoms with Crippen LogP contribution in [0.3, 0.4) is 0 Å². The van der Waals surface area contributed by atoms with E-state index in [0.717, 1.165) is 26.1 Å². The molecule has 0 bridgehead atoms. The van der Waals surface area contributed by atoms with Crippen molar-refractivity contribution in [1.82, 2.24) is 0 Å². The minimum absolute atomic E-state index is 0.352. The summed E-state index contributed by atoms with van der Waals surface area (Å²) in [6, 6.07) is 0. The molecule has 0 aromatic carbocycles. The lowest BCUT2D eigenvalue weighted by molar-refractivity contribution is 2.09. The van der Waals surface area contributed by atoms with Gasteiger partial charge in [0.05, 0.1) is 0 Å². The van der Waals surface area contributed by atoms with E-state index in [9.17, 15) is 0 Å². The van der Waals surface area contributed by atoms with Gasteiger partial charge in [0.15, 0.2) is 0 Å². The average molecular weight is 165 g/mol. The lowest BCUT2D eigenvalue weighted by Gasteiger charge is -1.88. The number of rotatable bonds is 0. The van der Waals surface area contributed by atoms with E-state index in [2.05, 4.69) is 0 Å². The van der Waals surface area contributed by atoms with Crippen LogP contribution >= 0.6 is 0 Å². The lowest BCUT2D eigenvalue weighted by Crippen LogP contribution is -2.17. The molecule has 1 aliphatic heterocycles. The van der Waals surface area contributed by atoms with Crippen molar-refractivity contribution >= 4 is 43.7 Å². The van der Waals surface area contributed by atoms with Gasteiger partial charge in [-0.05, 0) is 26.9 Å². The van der Waals surface area contributed by atoms with Crippen LogP contribution in [0.2, 0.25) is 5.67 Å². The Labute approximate surface area is 49.8 Å². The van der Waals surface area contributed by atoms with Gasteiger partial charge in [-0.3, -0.25) is 0 Å². The van der Waals surface area contributed by atoms with Crippen LogP contribution in [-0.2, 0) is 0 Å². The summed E-state index contributed by atoms with van der Waals surface area (Å²) >= 11 is 0. The first-order valence-electron chi connectivity index (χ1n) is 2.89. The molecule has 5 heteroatoms. The molecule has 0 radical (unpaired) electrons. The largest absolute Gasteiger partial charge is 0.0768 e. The second kappa shape index (κ2) is 2.41. The Balaban J connectivity index is 2.18. The molecule has 0 aliphatic carbocycles. The topological polar surface area (TPSA) is 0 Å². The zero-order valence-electron chi connectivity index (χ0n) is 4.41. The van der Waals surface area contributed by atoms with Crippen molar-refractivity contribution in [3.05, 3.63) is 0 Å². The molecule has 1 heterocycles. The number of hydrogen-bond acceptors (Lipinski definition) is 0. The molecule has 0 spiro atoms. The summed E-state index contributed by atoms with van der Waals surface area (Å²) in [5, 5.41) is 0.